The Bertz CT molecular complexity index is 1070. The van der Waals surface area contributed by atoms with Crippen LogP contribution in [0.15, 0.2) is 78.9 Å². The summed E-state index contributed by atoms with van der Waals surface area (Å²) < 4.78 is 19.8. The van der Waals surface area contributed by atoms with Gasteiger partial charge in [-0.3, -0.25) is 4.79 Å². The first-order chi connectivity index (χ1) is 15.6. The zero-order chi connectivity index (χ0) is 22.0. The van der Waals surface area contributed by atoms with Gasteiger partial charge in [0.05, 0.1) is 5.60 Å². The van der Waals surface area contributed by atoms with Crippen LogP contribution in [0.5, 0.6) is 0 Å². The molecule has 3 aromatic carbocycles. The van der Waals surface area contributed by atoms with Crippen molar-refractivity contribution in [1.82, 2.24) is 4.90 Å². The third-order valence-electron chi connectivity index (χ3n) is 6.89. The smallest absolute Gasteiger partial charge is 0.162 e. The number of rotatable bonds is 6. The van der Waals surface area contributed by atoms with Crippen molar-refractivity contribution in [2.24, 2.45) is 0 Å². The van der Waals surface area contributed by atoms with Gasteiger partial charge in [0.15, 0.2) is 5.78 Å². The summed E-state index contributed by atoms with van der Waals surface area (Å²) in [5.74, 6) is -0.230. The van der Waals surface area contributed by atoms with Crippen molar-refractivity contribution in [3.8, 4) is 0 Å². The van der Waals surface area contributed by atoms with Crippen LogP contribution in [0.1, 0.15) is 58.8 Å². The van der Waals surface area contributed by atoms with E-state index in [4.69, 9.17) is 4.74 Å². The molecule has 164 valence electrons. The van der Waals surface area contributed by atoms with Crippen LogP contribution in [0.4, 0.5) is 4.39 Å². The molecule has 0 amide bonds. The predicted octanol–water partition coefficient (Wildman–Crippen LogP) is 5.90. The van der Waals surface area contributed by atoms with E-state index in [1.165, 1.54) is 28.8 Å². The molecule has 2 heterocycles. The first kappa shape index (κ1) is 21.0. The molecule has 2 aliphatic heterocycles. The number of ketones is 1. The van der Waals surface area contributed by atoms with E-state index in [0.29, 0.717) is 12.0 Å². The van der Waals surface area contributed by atoms with Gasteiger partial charge in [0.2, 0.25) is 0 Å². The van der Waals surface area contributed by atoms with E-state index >= 15 is 0 Å². The lowest BCUT2D eigenvalue weighted by molar-refractivity contribution is -0.0968. The van der Waals surface area contributed by atoms with Crippen LogP contribution >= 0.6 is 0 Å². The fourth-order valence-electron chi connectivity index (χ4n) is 5.14. The lowest BCUT2D eigenvalue weighted by Gasteiger charge is -2.40. The van der Waals surface area contributed by atoms with Gasteiger partial charge in [-0.25, -0.2) is 4.39 Å². The third kappa shape index (κ3) is 4.13. The Morgan fingerprint density at radius 2 is 1.62 bits per heavy atom. The van der Waals surface area contributed by atoms with Gasteiger partial charge in [-0.15, -0.1) is 0 Å². The molecular weight excluding hydrogens is 401 g/mol. The van der Waals surface area contributed by atoms with Crippen molar-refractivity contribution in [2.75, 3.05) is 19.6 Å². The number of piperidine rings is 1. The average molecular weight is 430 g/mol. The molecule has 4 heteroatoms. The summed E-state index contributed by atoms with van der Waals surface area (Å²) in [6, 6.07) is 25.0. The highest BCUT2D eigenvalue weighted by Crippen LogP contribution is 2.51. The number of nitrogens with zero attached hydrogens (tertiary/aromatic N) is 1. The number of halogens is 1. The molecule has 0 saturated carbocycles. The van der Waals surface area contributed by atoms with E-state index in [9.17, 15) is 9.18 Å². The molecule has 2 aliphatic rings. The minimum absolute atomic E-state index is 0.00715. The number of hydrogen-bond acceptors (Lipinski definition) is 3. The van der Waals surface area contributed by atoms with Gasteiger partial charge in [-0.05, 0) is 66.8 Å². The summed E-state index contributed by atoms with van der Waals surface area (Å²) in [6.07, 6.45) is 3.21. The van der Waals surface area contributed by atoms with Gasteiger partial charge in [0.1, 0.15) is 11.9 Å². The van der Waals surface area contributed by atoms with Crippen molar-refractivity contribution in [1.29, 1.82) is 0 Å². The van der Waals surface area contributed by atoms with Gasteiger partial charge in [0.25, 0.3) is 0 Å². The molecular formula is C28H28FNO2. The van der Waals surface area contributed by atoms with E-state index in [1.807, 2.05) is 6.07 Å². The summed E-state index contributed by atoms with van der Waals surface area (Å²) in [4.78, 5) is 14.8. The Morgan fingerprint density at radius 1 is 0.938 bits per heavy atom. The van der Waals surface area contributed by atoms with Crippen LogP contribution in [0.2, 0.25) is 0 Å². The molecule has 0 aliphatic carbocycles. The minimum Gasteiger partial charge on any atom is -0.358 e. The normalized spacial score (nSPS) is 19.7. The van der Waals surface area contributed by atoms with Gasteiger partial charge in [-0.2, -0.15) is 0 Å². The highest BCUT2D eigenvalue weighted by atomic mass is 19.1. The van der Waals surface area contributed by atoms with E-state index in [1.54, 1.807) is 12.1 Å². The molecule has 1 unspecified atom stereocenters. The fourth-order valence-corrected chi connectivity index (χ4v) is 5.14. The molecule has 3 nitrogen and oxygen atoms in total. The average Bonchev–Trinajstić information content (AvgIpc) is 3.15. The molecule has 32 heavy (non-hydrogen) atoms. The summed E-state index contributed by atoms with van der Waals surface area (Å²) in [6.45, 7) is 2.81. The molecule has 1 saturated heterocycles. The number of ether oxygens (including phenoxy) is 1. The zero-order valence-electron chi connectivity index (χ0n) is 18.2. The van der Waals surface area contributed by atoms with E-state index < -0.39 is 0 Å². The van der Waals surface area contributed by atoms with Crippen LogP contribution in [-0.2, 0) is 10.3 Å². The number of benzene rings is 3. The number of hydrogen-bond donors (Lipinski definition) is 0. The number of carbonyl (C=O) groups excluding carboxylic acids is 1. The maximum absolute atomic E-state index is 13.1. The topological polar surface area (TPSA) is 29.5 Å². The van der Waals surface area contributed by atoms with Gasteiger partial charge in [0, 0.05) is 25.1 Å². The highest BCUT2D eigenvalue weighted by molar-refractivity contribution is 5.95. The minimum atomic E-state index is -0.311. The maximum Gasteiger partial charge on any atom is 0.162 e. The molecule has 5 rings (SSSR count). The van der Waals surface area contributed by atoms with Crippen LogP contribution < -0.4 is 0 Å². The van der Waals surface area contributed by atoms with Crippen LogP contribution in [0, 0.1) is 5.82 Å². The first-order valence-corrected chi connectivity index (χ1v) is 11.5. The molecule has 0 bridgehead atoms. The Labute approximate surface area is 188 Å². The monoisotopic (exact) mass is 429 g/mol. The second kappa shape index (κ2) is 8.97. The molecule has 1 atom stereocenters. The van der Waals surface area contributed by atoms with Crippen molar-refractivity contribution in [3.63, 3.8) is 0 Å². The second-order valence-corrected chi connectivity index (χ2v) is 8.87. The lowest BCUT2D eigenvalue weighted by atomic mass is 9.83. The summed E-state index contributed by atoms with van der Waals surface area (Å²) in [7, 11) is 0. The molecule has 0 radical (unpaired) electrons. The number of likely N-dealkylation sites (tertiary alicyclic amines) is 1. The molecule has 1 fully saturated rings. The van der Waals surface area contributed by atoms with E-state index in [0.717, 1.165) is 38.9 Å². The first-order valence-electron chi connectivity index (χ1n) is 11.5. The Balaban J connectivity index is 1.20. The largest absolute Gasteiger partial charge is 0.358 e. The van der Waals surface area contributed by atoms with E-state index in [2.05, 4.69) is 53.4 Å². The van der Waals surface area contributed by atoms with E-state index in [-0.39, 0.29) is 23.3 Å². The Morgan fingerprint density at radius 3 is 2.38 bits per heavy atom. The fraction of sp³-hybridized carbons (Fsp3) is 0.321. The third-order valence-corrected chi connectivity index (χ3v) is 6.89. The highest BCUT2D eigenvalue weighted by Gasteiger charge is 2.46. The molecule has 3 aromatic rings. The predicted molar refractivity (Wildman–Crippen MR) is 123 cm³/mol. The molecule has 0 aromatic heterocycles. The SMILES string of the molecule is O=C(CCCN1CCC2(CC1)OC(c1ccccc1)c1ccccc12)c1ccc(F)cc1. The van der Waals surface area contributed by atoms with Gasteiger partial charge < -0.3 is 9.64 Å². The lowest BCUT2D eigenvalue weighted by Crippen LogP contribution is -2.43. The Kier molecular flexibility index (Phi) is 5.90. The second-order valence-electron chi connectivity index (χ2n) is 8.87. The van der Waals surface area contributed by atoms with Crippen LogP contribution in [0.3, 0.4) is 0 Å². The molecule has 0 N–H and O–H groups in total. The standard InChI is InChI=1S/C28H28FNO2/c29-23-14-12-21(13-15-23)26(31)11-6-18-30-19-16-28(17-20-30)25-10-5-4-9-24(25)27(32-28)22-7-2-1-3-8-22/h1-5,7-10,12-15,27H,6,11,16-20H2. The van der Waals surface area contributed by atoms with Crippen LogP contribution in [-0.4, -0.2) is 30.3 Å². The van der Waals surface area contributed by atoms with Crippen molar-refractivity contribution < 1.29 is 13.9 Å². The van der Waals surface area contributed by atoms with Crippen molar-refractivity contribution in [3.05, 3.63) is 107 Å². The quantitative estimate of drug-likeness (QED) is 0.457. The van der Waals surface area contributed by atoms with Crippen molar-refractivity contribution in [2.45, 2.75) is 37.4 Å². The summed E-state index contributed by atoms with van der Waals surface area (Å²) in [5.41, 5.74) is 4.19. The summed E-state index contributed by atoms with van der Waals surface area (Å²) >= 11 is 0. The number of carbonyl (C=O) groups is 1. The van der Waals surface area contributed by atoms with Crippen LogP contribution in [0.25, 0.3) is 0 Å². The van der Waals surface area contributed by atoms with Gasteiger partial charge >= 0.3 is 0 Å². The number of Topliss-reactive ketones (excluding diaryl/α,β-unsaturated/α-hetero) is 1. The summed E-state index contributed by atoms with van der Waals surface area (Å²) in [5, 5.41) is 0. The zero-order valence-corrected chi connectivity index (χ0v) is 18.2. The maximum atomic E-state index is 13.1. The van der Waals surface area contributed by atoms with Crippen molar-refractivity contribution >= 4 is 5.78 Å². The van der Waals surface area contributed by atoms with Gasteiger partial charge in [-0.1, -0.05) is 54.6 Å². The number of fused-ring (bicyclic) bond motifs is 2. The Hall–Kier alpha value is -2.82. The molecule has 1 spiro atoms.